The number of hydrogen-bond acceptors (Lipinski definition) is 4. The Balaban J connectivity index is 1.95. The number of hydrogen-bond donors (Lipinski definition) is 1. The van der Waals surface area contributed by atoms with Gasteiger partial charge in [-0.1, -0.05) is 0 Å². The number of halogens is 3. The summed E-state index contributed by atoms with van der Waals surface area (Å²) in [7, 11) is 0. The van der Waals surface area contributed by atoms with Crippen LogP contribution in [0, 0.1) is 5.92 Å². The molecule has 0 amide bonds. The summed E-state index contributed by atoms with van der Waals surface area (Å²) in [6.45, 7) is 1.16. The molecule has 0 atom stereocenters. The first kappa shape index (κ1) is 14.5. The van der Waals surface area contributed by atoms with E-state index >= 15 is 0 Å². The Kier molecular flexibility index (Phi) is 4.10. The third-order valence-corrected chi connectivity index (χ3v) is 3.34. The Morgan fingerprint density at radius 3 is 2.40 bits per heavy atom. The zero-order chi connectivity index (χ0) is 14.8. The van der Waals surface area contributed by atoms with E-state index in [1.165, 1.54) is 6.07 Å². The van der Waals surface area contributed by atoms with Crippen LogP contribution in [0.3, 0.4) is 0 Å². The van der Waals surface area contributed by atoms with Gasteiger partial charge in [-0.3, -0.25) is 4.79 Å². The fourth-order valence-electron chi connectivity index (χ4n) is 2.26. The Bertz CT molecular complexity index is 468. The van der Waals surface area contributed by atoms with Crippen molar-refractivity contribution < 1.29 is 23.1 Å². The molecule has 0 aliphatic carbocycles. The molecule has 1 saturated heterocycles. The highest BCUT2D eigenvalue weighted by Gasteiger charge is 2.33. The zero-order valence-electron chi connectivity index (χ0n) is 10.6. The lowest BCUT2D eigenvalue weighted by molar-refractivity contribution is -0.141. The van der Waals surface area contributed by atoms with Gasteiger partial charge in [-0.2, -0.15) is 13.2 Å². The third-order valence-electron chi connectivity index (χ3n) is 3.34. The molecule has 1 aromatic heterocycles. The molecule has 2 heterocycles. The van der Waals surface area contributed by atoms with E-state index in [4.69, 9.17) is 5.11 Å². The molecule has 1 N–H and O–H groups in total. The highest BCUT2D eigenvalue weighted by atomic mass is 19.4. The van der Waals surface area contributed by atoms with Crippen LogP contribution in [0.15, 0.2) is 12.1 Å². The average Bonchev–Trinajstić information content (AvgIpc) is 2.38. The lowest BCUT2D eigenvalue weighted by Crippen LogP contribution is -2.35. The van der Waals surface area contributed by atoms with Gasteiger partial charge in [0.15, 0.2) is 11.5 Å². The maximum atomic E-state index is 12.4. The lowest BCUT2D eigenvalue weighted by Gasteiger charge is -2.31. The van der Waals surface area contributed by atoms with Crippen molar-refractivity contribution in [2.45, 2.75) is 25.4 Å². The van der Waals surface area contributed by atoms with Crippen LogP contribution >= 0.6 is 0 Å². The maximum Gasteiger partial charge on any atom is 0.435 e. The second kappa shape index (κ2) is 5.64. The van der Waals surface area contributed by atoms with Crippen LogP contribution < -0.4 is 4.90 Å². The molecule has 0 saturated carbocycles. The molecule has 110 valence electrons. The van der Waals surface area contributed by atoms with E-state index < -0.39 is 17.8 Å². The summed E-state index contributed by atoms with van der Waals surface area (Å²) >= 11 is 0. The van der Waals surface area contributed by atoms with E-state index in [9.17, 15) is 18.0 Å². The molecule has 1 aliphatic rings. The normalized spacial score (nSPS) is 17.2. The summed E-state index contributed by atoms with van der Waals surface area (Å²) in [4.78, 5) is 12.4. The van der Waals surface area contributed by atoms with Gasteiger partial charge in [0, 0.05) is 19.5 Å². The molecular formula is C12H14F3N3O2. The monoisotopic (exact) mass is 289 g/mol. The van der Waals surface area contributed by atoms with Gasteiger partial charge in [-0.15, -0.1) is 10.2 Å². The maximum absolute atomic E-state index is 12.4. The highest BCUT2D eigenvalue weighted by Crippen LogP contribution is 2.28. The van der Waals surface area contributed by atoms with Gasteiger partial charge in [0.25, 0.3) is 0 Å². The smallest absolute Gasteiger partial charge is 0.435 e. The van der Waals surface area contributed by atoms with Crippen molar-refractivity contribution >= 4 is 11.8 Å². The number of carbonyl (C=O) groups is 1. The first-order chi connectivity index (χ1) is 9.36. The van der Waals surface area contributed by atoms with E-state index in [1.54, 1.807) is 0 Å². The first-order valence-corrected chi connectivity index (χ1v) is 6.24. The van der Waals surface area contributed by atoms with E-state index in [0.717, 1.165) is 6.07 Å². The molecule has 5 nitrogen and oxygen atoms in total. The number of nitrogens with zero attached hydrogens (tertiary/aromatic N) is 3. The average molecular weight is 289 g/mol. The molecule has 1 fully saturated rings. The second-order valence-corrected chi connectivity index (χ2v) is 4.80. The van der Waals surface area contributed by atoms with Crippen molar-refractivity contribution in [2.24, 2.45) is 5.92 Å². The van der Waals surface area contributed by atoms with Gasteiger partial charge < -0.3 is 10.0 Å². The predicted octanol–water partition coefficient (Wildman–Crippen LogP) is 2.19. The molecule has 0 bridgehead atoms. The van der Waals surface area contributed by atoms with Crippen LogP contribution in [0.2, 0.25) is 0 Å². The quantitative estimate of drug-likeness (QED) is 0.924. The molecule has 0 spiro atoms. The van der Waals surface area contributed by atoms with Crippen LogP contribution in [0.1, 0.15) is 25.0 Å². The number of aromatic nitrogens is 2. The molecule has 20 heavy (non-hydrogen) atoms. The van der Waals surface area contributed by atoms with Crippen molar-refractivity contribution in [2.75, 3.05) is 18.0 Å². The molecule has 0 aromatic carbocycles. The summed E-state index contributed by atoms with van der Waals surface area (Å²) in [5.41, 5.74) is -1.01. The molecule has 1 aromatic rings. The standard InChI is InChI=1S/C12H14F3N3O2/c13-12(14,15)9-1-2-10(17-16-9)18-5-3-8(4-6-18)7-11(19)20/h1-2,8H,3-7H2,(H,19,20). The lowest BCUT2D eigenvalue weighted by atomic mass is 9.94. The molecule has 2 rings (SSSR count). The van der Waals surface area contributed by atoms with Crippen LogP contribution in [0.5, 0.6) is 0 Å². The Hall–Kier alpha value is -1.86. The van der Waals surface area contributed by atoms with Gasteiger partial charge in [-0.05, 0) is 30.9 Å². The molecular weight excluding hydrogens is 275 g/mol. The van der Waals surface area contributed by atoms with E-state index in [1.807, 2.05) is 4.90 Å². The summed E-state index contributed by atoms with van der Waals surface area (Å²) in [6.07, 6.45) is -2.98. The Morgan fingerprint density at radius 2 is 1.95 bits per heavy atom. The Morgan fingerprint density at radius 1 is 1.30 bits per heavy atom. The van der Waals surface area contributed by atoms with Crippen LogP contribution in [0.25, 0.3) is 0 Å². The number of carboxylic acids is 1. The summed E-state index contributed by atoms with van der Waals surface area (Å²) in [6, 6.07) is 2.21. The summed E-state index contributed by atoms with van der Waals surface area (Å²) < 4.78 is 37.1. The van der Waals surface area contributed by atoms with Crippen LogP contribution in [-0.4, -0.2) is 34.4 Å². The zero-order valence-corrected chi connectivity index (χ0v) is 10.6. The number of aliphatic carboxylic acids is 1. The van der Waals surface area contributed by atoms with Crippen molar-refractivity contribution in [1.82, 2.24) is 10.2 Å². The SMILES string of the molecule is O=C(O)CC1CCN(c2ccc(C(F)(F)F)nn2)CC1. The number of carboxylic acid groups (broad SMARTS) is 1. The van der Waals surface area contributed by atoms with Gasteiger partial charge in [-0.25, -0.2) is 0 Å². The first-order valence-electron chi connectivity index (χ1n) is 6.24. The minimum Gasteiger partial charge on any atom is -0.481 e. The minimum absolute atomic E-state index is 0.117. The number of rotatable bonds is 3. The van der Waals surface area contributed by atoms with Crippen molar-refractivity contribution in [3.05, 3.63) is 17.8 Å². The molecule has 0 radical (unpaired) electrons. The van der Waals surface area contributed by atoms with Crippen molar-refractivity contribution in [3.8, 4) is 0 Å². The second-order valence-electron chi connectivity index (χ2n) is 4.80. The fourth-order valence-corrected chi connectivity index (χ4v) is 2.26. The van der Waals surface area contributed by atoms with Crippen molar-refractivity contribution in [1.29, 1.82) is 0 Å². The molecule has 0 unspecified atom stereocenters. The van der Waals surface area contributed by atoms with Crippen molar-refractivity contribution in [3.63, 3.8) is 0 Å². The van der Waals surface area contributed by atoms with Crippen LogP contribution in [-0.2, 0) is 11.0 Å². The highest BCUT2D eigenvalue weighted by molar-refractivity contribution is 5.67. The van der Waals surface area contributed by atoms with Gasteiger partial charge in [0.05, 0.1) is 0 Å². The predicted molar refractivity (Wildman–Crippen MR) is 64.2 cm³/mol. The summed E-state index contributed by atoms with van der Waals surface area (Å²) in [5, 5.41) is 15.5. The third kappa shape index (κ3) is 3.58. The number of anilines is 1. The van der Waals surface area contributed by atoms with Crippen LogP contribution in [0.4, 0.5) is 19.0 Å². The van der Waals surface area contributed by atoms with Gasteiger partial charge in [0.2, 0.25) is 0 Å². The van der Waals surface area contributed by atoms with E-state index in [-0.39, 0.29) is 12.3 Å². The molecule has 8 heteroatoms. The van der Waals surface area contributed by atoms with Gasteiger partial charge >= 0.3 is 12.1 Å². The Labute approximate surface area is 113 Å². The minimum atomic E-state index is -4.49. The van der Waals surface area contributed by atoms with E-state index in [0.29, 0.717) is 31.7 Å². The largest absolute Gasteiger partial charge is 0.481 e. The van der Waals surface area contributed by atoms with Gasteiger partial charge in [0.1, 0.15) is 0 Å². The van der Waals surface area contributed by atoms with E-state index in [2.05, 4.69) is 10.2 Å². The number of piperidine rings is 1. The molecule has 1 aliphatic heterocycles. The fraction of sp³-hybridized carbons (Fsp3) is 0.583. The topological polar surface area (TPSA) is 66.3 Å². The summed E-state index contributed by atoms with van der Waals surface area (Å²) in [5.74, 6) is -0.310. The number of alkyl halides is 3.